The molecule has 1 amide bonds. The number of carbonyl (C=O) groups is 1. The number of nitrogens with one attached hydrogen (secondary N) is 1. The number of carbonyl (C=O) groups excluding carboxylic acids is 1. The number of hydrogen-bond donors (Lipinski definition) is 3. The summed E-state index contributed by atoms with van der Waals surface area (Å²) in [5.74, 6) is 0.691. The third-order valence-corrected chi connectivity index (χ3v) is 4.03. The van der Waals surface area contributed by atoms with Crippen molar-refractivity contribution in [2.24, 2.45) is 5.73 Å². The molecule has 0 aromatic heterocycles. The lowest BCUT2D eigenvalue weighted by Crippen LogP contribution is -2.52. The number of aliphatic hydroxyl groups excluding tert-OH is 1. The summed E-state index contributed by atoms with van der Waals surface area (Å²) in [5, 5.41) is 13.3. The molecule has 0 fully saturated rings. The average Bonchev–Trinajstić information content (AvgIpc) is 2.52. The molecule has 0 aliphatic carbocycles. The van der Waals surface area contributed by atoms with Gasteiger partial charge in [0.05, 0.1) is 16.7 Å². The fourth-order valence-electron chi connectivity index (χ4n) is 2.47. The third-order valence-electron chi connectivity index (χ3n) is 3.75. The van der Waals surface area contributed by atoms with Crippen LogP contribution in [0.1, 0.15) is 38.4 Å². The van der Waals surface area contributed by atoms with Crippen molar-refractivity contribution in [3.05, 3.63) is 22.7 Å². The first-order valence-electron chi connectivity index (χ1n) is 7.69. The summed E-state index contributed by atoms with van der Waals surface area (Å²) in [6.45, 7) is 4.56. The third kappa shape index (κ3) is 4.89. The minimum atomic E-state index is -0.946. The Morgan fingerprint density at radius 3 is 2.79 bits per heavy atom. The zero-order valence-corrected chi connectivity index (χ0v) is 15.4. The molecule has 0 saturated heterocycles. The van der Waals surface area contributed by atoms with Crippen LogP contribution in [-0.4, -0.2) is 36.3 Å². The van der Waals surface area contributed by atoms with Crippen LogP contribution in [0.15, 0.2) is 12.1 Å². The molecule has 1 aliphatic heterocycles. The molecule has 6 nitrogen and oxygen atoms in total. The number of hydrogen-bond acceptors (Lipinski definition) is 5. The van der Waals surface area contributed by atoms with Crippen LogP contribution in [-0.2, 0) is 4.79 Å². The molecule has 1 aromatic carbocycles. The highest BCUT2D eigenvalue weighted by molar-refractivity contribution is 6.32. The van der Waals surface area contributed by atoms with Crippen LogP contribution in [0, 0.1) is 0 Å². The first-order valence-corrected chi connectivity index (χ1v) is 8.07. The molecule has 1 heterocycles. The minimum absolute atomic E-state index is 0. The summed E-state index contributed by atoms with van der Waals surface area (Å²) in [5.41, 5.74) is 5.56. The van der Waals surface area contributed by atoms with Gasteiger partial charge in [-0.25, -0.2) is 0 Å². The first-order chi connectivity index (χ1) is 10.8. The standard InChI is InChI=1S/C16H23ClN2O4.ClH/c1-3-4-16(2,18)15(21)19-9-12(20)10-7-11(17)14-13(8-10)22-5-6-23-14;/h7-8,12,20H,3-6,9,18H2,1-2H3,(H,19,21);1H. The molecule has 0 bridgehead atoms. The van der Waals surface area contributed by atoms with Gasteiger partial charge in [0.15, 0.2) is 11.5 Å². The fourth-order valence-corrected chi connectivity index (χ4v) is 2.74. The number of halogens is 2. The highest BCUT2D eigenvalue weighted by atomic mass is 35.5. The Morgan fingerprint density at radius 1 is 1.46 bits per heavy atom. The van der Waals surface area contributed by atoms with E-state index in [4.69, 9.17) is 26.8 Å². The number of ether oxygens (including phenoxy) is 2. The molecule has 0 saturated carbocycles. The van der Waals surface area contributed by atoms with E-state index in [0.29, 0.717) is 41.7 Å². The number of benzene rings is 1. The number of aliphatic hydroxyl groups is 1. The maximum absolute atomic E-state index is 12.1. The Hall–Kier alpha value is -1.21. The van der Waals surface area contributed by atoms with Gasteiger partial charge in [0.2, 0.25) is 5.91 Å². The fraction of sp³-hybridized carbons (Fsp3) is 0.562. The lowest BCUT2D eigenvalue weighted by Gasteiger charge is -2.24. The topological polar surface area (TPSA) is 93.8 Å². The van der Waals surface area contributed by atoms with Crippen LogP contribution in [0.3, 0.4) is 0 Å². The van der Waals surface area contributed by atoms with Crippen LogP contribution in [0.25, 0.3) is 0 Å². The monoisotopic (exact) mass is 378 g/mol. The maximum atomic E-state index is 12.1. The van der Waals surface area contributed by atoms with Crippen molar-refractivity contribution in [2.75, 3.05) is 19.8 Å². The highest BCUT2D eigenvalue weighted by Crippen LogP contribution is 2.39. The number of rotatable bonds is 6. The predicted molar refractivity (Wildman–Crippen MR) is 95.2 cm³/mol. The Morgan fingerprint density at radius 2 is 2.12 bits per heavy atom. The molecule has 4 N–H and O–H groups in total. The SMILES string of the molecule is CCCC(C)(N)C(=O)NCC(O)c1cc(Cl)c2c(c1)OCCO2.Cl. The van der Waals surface area contributed by atoms with Crippen LogP contribution in [0.4, 0.5) is 0 Å². The van der Waals surface area contributed by atoms with Gasteiger partial charge in [0.25, 0.3) is 0 Å². The smallest absolute Gasteiger partial charge is 0.239 e. The first kappa shape index (κ1) is 20.8. The molecule has 8 heteroatoms. The van der Waals surface area contributed by atoms with E-state index in [1.54, 1.807) is 19.1 Å². The van der Waals surface area contributed by atoms with Gasteiger partial charge in [-0.3, -0.25) is 4.79 Å². The predicted octanol–water partition coefficient (Wildman–Crippen LogP) is 2.20. The molecule has 1 aromatic rings. The van der Waals surface area contributed by atoms with E-state index in [-0.39, 0.29) is 24.9 Å². The maximum Gasteiger partial charge on any atom is 0.239 e. The van der Waals surface area contributed by atoms with Crippen molar-refractivity contribution in [3.8, 4) is 11.5 Å². The van der Waals surface area contributed by atoms with Gasteiger partial charge < -0.3 is 25.6 Å². The van der Waals surface area contributed by atoms with Gasteiger partial charge in [-0.05, 0) is 31.0 Å². The second-order valence-corrected chi connectivity index (χ2v) is 6.33. The van der Waals surface area contributed by atoms with Crippen molar-refractivity contribution in [3.63, 3.8) is 0 Å². The molecule has 136 valence electrons. The molecule has 2 unspecified atom stereocenters. The average molecular weight is 379 g/mol. The van der Waals surface area contributed by atoms with Crippen molar-refractivity contribution in [1.29, 1.82) is 0 Å². The summed E-state index contributed by atoms with van der Waals surface area (Å²) in [4.78, 5) is 12.1. The summed E-state index contributed by atoms with van der Waals surface area (Å²) in [6.07, 6.45) is 0.468. The summed E-state index contributed by atoms with van der Waals surface area (Å²) < 4.78 is 10.9. The summed E-state index contributed by atoms with van der Waals surface area (Å²) >= 11 is 6.14. The van der Waals surface area contributed by atoms with Crippen LogP contribution in [0.5, 0.6) is 11.5 Å². The van der Waals surface area contributed by atoms with E-state index in [9.17, 15) is 9.90 Å². The second-order valence-electron chi connectivity index (χ2n) is 5.92. The number of fused-ring (bicyclic) bond motifs is 1. The van der Waals surface area contributed by atoms with E-state index in [0.717, 1.165) is 6.42 Å². The van der Waals surface area contributed by atoms with E-state index < -0.39 is 11.6 Å². The van der Waals surface area contributed by atoms with Gasteiger partial charge in [-0.15, -0.1) is 12.4 Å². The summed E-state index contributed by atoms with van der Waals surface area (Å²) in [6, 6.07) is 3.28. The van der Waals surface area contributed by atoms with Gasteiger partial charge >= 0.3 is 0 Å². The lowest BCUT2D eigenvalue weighted by atomic mass is 9.96. The van der Waals surface area contributed by atoms with Crippen LogP contribution in [0.2, 0.25) is 5.02 Å². The van der Waals surface area contributed by atoms with E-state index in [1.807, 2.05) is 6.92 Å². The van der Waals surface area contributed by atoms with Crippen molar-refractivity contribution in [2.45, 2.75) is 38.3 Å². The Balaban J connectivity index is 0.00000288. The van der Waals surface area contributed by atoms with E-state index >= 15 is 0 Å². The largest absolute Gasteiger partial charge is 0.486 e. The zero-order chi connectivity index (χ0) is 17.0. The Kier molecular flexibility index (Phi) is 7.60. The molecular weight excluding hydrogens is 355 g/mol. The molecule has 0 radical (unpaired) electrons. The molecule has 2 rings (SSSR count). The Labute approximate surface area is 153 Å². The molecule has 0 spiro atoms. The Bertz CT molecular complexity index is 581. The molecular formula is C16H24Cl2N2O4. The van der Waals surface area contributed by atoms with Gasteiger partial charge in [-0.2, -0.15) is 0 Å². The normalized spacial score (nSPS) is 16.5. The highest BCUT2D eigenvalue weighted by Gasteiger charge is 2.27. The quantitative estimate of drug-likeness (QED) is 0.705. The minimum Gasteiger partial charge on any atom is -0.486 e. The van der Waals surface area contributed by atoms with Crippen molar-refractivity contribution in [1.82, 2.24) is 5.32 Å². The van der Waals surface area contributed by atoms with Gasteiger partial charge in [0, 0.05) is 6.54 Å². The van der Waals surface area contributed by atoms with Gasteiger partial charge in [0.1, 0.15) is 13.2 Å². The van der Waals surface area contributed by atoms with Crippen LogP contribution >= 0.6 is 24.0 Å². The second kappa shape index (κ2) is 8.76. The molecule has 1 aliphatic rings. The number of amides is 1. The molecule has 2 atom stereocenters. The number of nitrogens with two attached hydrogens (primary N) is 1. The van der Waals surface area contributed by atoms with Crippen LogP contribution < -0.4 is 20.5 Å². The molecule has 24 heavy (non-hydrogen) atoms. The zero-order valence-electron chi connectivity index (χ0n) is 13.8. The lowest BCUT2D eigenvalue weighted by molar-refractivity contribution is -0.126. The van der Waals surface area contributed by atoms with E-state index in [1.165, 1.54) is 0 Å². The van der Waals surface area contributed by atoms with Crippen molar-refractivity contribution >= 4 is 29.9 Å². The van der Waals surface area contributed by atoms with Crippen molar-refractivity contribution < 1.29 is 19.4 Å². The van der Waals surface area contributed by atoms with Gasteiger partial charge in [-0.1, -0.05) is 24.9 Å². The van der Waals surface area contributed by atoms with E-state index in [2.05, 4.69) is 5.32 Å². The summed E-state index contributed by atoms with van der Waals surface area (Å²) in [7, 11) is 0.